The number of primary amides is 1. The molecule has 0 saturated carbocycles. The van der Waals surface area contributed by atoms with Crippen molar-refractivity contribution in [1.29, 1.82) is 0 Å². The topological polar surface area (TPSA) is 394 Å². The van der Waals surface area contributed by atoms with Crippen molar-refractivity contribution in [3.63, 3.8) is 0 Å². The maximum Gasteiger partial charge on any atom is 0.407 e. The third-order valence-electron chi connectivity index (χ3n) is 19.5. The van der Waals surface area contributed by atoms with Crippen molar-refractivity contribution in [2.45, 2.75) is 181 Å². The summed E-state index contributed by atoms with van der Waals surface area (Å²) in [5.41, 5.74) is 10.5. The highest BCUT2D eigenvalue weighted by molar-refractivity contribution is 5.98. The number of hydrogen-bond donors (Lipinski definition) is 8. The lowest BCUT2D eigenvalue weighted by atomic mass is 9.81. The molecule has 0 spiro atoms. The van der Waals surface area contributed by atoms with Gasteiger partial charge < -0.3 is 85.2 Å². The van der Waals surface area contributed by atoms with Crippen molar-refractivity contribution < 1.29 is 85.7 Å². The van der Waals surface area contributed by atoms with Crippen LogP contribution in [0.1, 0.15) is 175 Å². The number of nitrogens with zero attached hydrogens (tertiary/aromatic N) is 5. The van der Waals surface area contributed by atoms with E-state index in [2.05, 4.69) is 69.6 Å². The van der Waals surface area contributed by atoms with Gasteiger partial charge in [-0.3, -0.25) is 33.6 Å². The number of halogens is 1. The second-order valence-electron chi connectivity index (χ2n) is 28.6. The molecule has 4 aliphatic rings. The van der Waals surface area contributed by atoms with E-state index in [0.717, 1.165) is 54.6 Å². The lowest BCUT2D eigenvalue weighted by Crippen LogP contribution is -2.45. The van der Waals surface area contributed by atoms with Crippen LogP contribution in [0.4, 0.5) is 19.7 Å². The van der Waals surface area contributed by atoms with Crippen LogP contribution >= 0.6 is 0 Å². The van der Waals surface area contributed by atoms with Gasteiger partial charge in [0.2, 0.25) is 23.6 Å². The fourth-order valence-electron chi connectivity index (χ4n) is 13.8. The van der Waals surface area contributed by atoms with Crippen molar-refractivity contribution in [2.75, 3.05) is 97.6 Å². The molecular formula is C76H103FN12O18. The van der Waals surface area contributed by atoms with Crippen LogP contribution in [0.25, 0.3) is 22.3 Å². The van der Waals surface area contributed by atoms with Crippen molar-refractivity contribution in [3.05, 3.63) is 115 Å². The number of aliphatic hydroxyl groups is 1. The van der Waals surface area contributed by atoms with Crippen molar-refractivity contribution in [3.8, 4) is 11.4 Å². The molecule has 0 fully saturated rings. The van der Waals surface area contributed by atoms with E-state index in [1.54, 1.807) is 62.6 Å². The number of amides is 7. The largest absolute Gasteiger partial charge is 0.490 e. The highest BCUT2D eigenvalue weighted by Gasteiger charge is 2.43. The van der Waals surface area contributed by atoms with E-state index >= 15 is 4.39 Å². The third kappa shape index (κ3) is 21.8. The number of urea groups is 1. The lowest BCUT2D eigenvalue weighted by molar-refractivity contribution is -0.131. The van der Waals surface area contributed by atoms with Crippen LogP contribution < -0.4 is 43.2 Å². The van der Waals surface area contributed by atoms with Gasteiger partial charge in [0.15, 0.2) is 11.6 Å². The standard InChI is InChI=1S/C76H103FN12O18/c1-9-76(99)47(5)105-42-54-55(76)37-60-69-53(40-88(60)72(54)96)67-57(22-21-52-46(4)56(77)38-58(84-69)66(52)67)83-65(94)43-104-27-23-51(90)39-81-74(98)107-41-48-17-19-50(20-18-48)82-71(95)49(14-13-25-80-73(78)97)36-61(91)68(45(2)3)85-63(92)24-28-100-30-32-102-34-35-103-33-31-101-29-26-79-64(93)44-106-62-16-12-10-11-15-59-70(62)86-87-89(59)75(6,7)8/h17-20,37-38,45,49,57,62,68,99H,5,9-16,21-36,39-44H2,1-4,6-8H3,(H,79,93)(H,81,98)(H,82,95)(H,83,94)(H,85,92)(H3,78,80,97)/t49-,57+,62?,68+,76-/m1/s1. The second-order valence-corrected chi connectivity index (χ2v) is 28.6. The highest BCUT2D eigenvalue weighted by Crippen LogP contribution is 2.47. The maximum absolute atomic E-state index is 15.4. The third-order valence-corrected chi connectivity index (χ3v) is 19.5. The van der Waals surface area contributed by atoms with E-state index in [-0.39, 0.29) is 139 Å². The quantitative estimate of drug-likeness (QED) is 0.0192. The van der Waals surface area contributed by atoms with Gasteiger partial charge in [-0.2, -0.15) is 0 Å². The van der Waals surface area contributed by atoms with Crippen LogP contribution in [0.2, 0.25) is 0 Å². The number of carbonyl (C=O) groups is 8. The van der Waals surface area contributed by atoms with E-state index in [0.29, 0.717) is 115 Å². The molecule has 3 aromatic heterocycles. The first-order chi connectivity index (χ1) is 51.3. The number of hydrogen-bond acceptors (Lipinski definition) is 21. The Labute approximate surface area is 621 Å². The summed E-state index contributed by atoms with van der Waals surface area (Å²) in [5.74, 6) is -3.84. The Morgan fingerprint density at radius 2 is 1.53 bits per heavy atom. The van der Waals surface area contributed by atoms with Crippen molar-refractivity contribution in [1.82, 2.24) is 51.1 Å². The molecule has 31 heteroatoms. The number of ketones is 2. The van der Waals surface area contributed by atoms with E-state index in [4.69, 9.17) is 48.6 Å². The van der Waals surface area contributed by atoms with Crippen molar-refractivity contribution in [2.24, 2.45) is 17.6 Å². The lowest BCUT2D eigenvalue weighted by Gasteiger charge is -2.35. The average Bonchev–Trinajstić information content (AvgIpc) is 1.59. The number of nitrogens with two attached hydrogens (primary N) is 1. The molecule has 7 amide bonds. The van der Waals surface area contributed by atoms with Crippen molar-refractivity contribution >= 4 is 63.9 Å². The molecule has 0 bridgehead atoms. The highest BCUT2D eigenvalue weighted by atomic mass is 19.1. The van der Waals surface area contributed by atoms with Gasteiger partial charge >= 0.3 is 12.1 Å². The zero-order valence-corrected chi connectivity index (χ0v) is 62.3. The van der Waals surface area contributed by atoms with Gasteiger partial charge in [-0.1, -0.05) is 57.5 Å². The van der Waals surface area contributed by atoms with Gasteiger partial charge in [-0.15, -0.1) is 5.10 Å². The Morgan fingerprint density at radius 3 is 2.23 bits per heavy atom. The summed E-state index contributed by atoms with van der Waals surface area (Å²) in [4.78, 5) is 123. The van der Waals surface area contributed by atoms with Gasteiger partial charge in [0.1, 0.15) is 55.4 Å². The number of aromatic nitrogens is 5. The number of ether oxygens (including phenoxy) is 8. The minimum absolute atomic E-state index is 0.0306. The number of benzene rings is 2. The molecule has 582 valence electrons. The molecule has 0 saturated heterocycles. The predicted molar refractivity (Wildman–Crippen MR) is 390 cm³/mol. The smallest absolute Gasteiger partial charge is 0.407 e. The number of rotatable bonds is 40. The summed E-state index contributed by atoms with van der Waals surface area (Å²) in [6, 6.07) is 7.28. The monoisotopic (exact) mass is 1490 g/mol. The Morgan fingerprint density at radius 1 is 0.822 bits per heavy atom. The number of fused-ring (bicyclic) bond motifs is 6. The molecule has 30 nitrogen and oxygen atoms in total. The molecule has 2 aliphatic heterocycles. The molecule has 5 heterocycles. The van der Waals surface area contributed by atoms with E-state index in [1.807, 2.05) is 4.68 Å². The first-order valence-corrected chi connectivity index (χ1v) is 36.9. The van der Waals surface area contributed by atoms with Crippen LogP contribution in [0, 0.1) is 24.6 Å². The summed E-state index contributed by atoms with van der Waals surface area (Å²) < 4.78 is 64.0. The minimum Gasteiger partial charge on any atom is -0.490 e. The molecule has 107 heavy (non-hydrogen) atoms. The molecule has 5 atom stereocenters. The van der Waals surface area contributed by atoms with Gasteiger partial charge in [-0.05, 0) is 125 Å². The zero-order chi connectivity index (χ0) is 77.0. The van der Waals surface area contributed by atoms with Gasteiger partial charge in [0.05, 0.1) is 118 Å². The Kier molecular flexibility index (Phi) is 29.6. The van der Waals surface area contributed by atoms with Crippen LogP contribution in [0.3, 0.4) is 0 Å². The van der Waals surface area contributed by atoms with Gasteiger partial charge in [0.25, 0.3) is 5.56 Å². The number of anilines is 1. The number of Topliss-reactive ketones (excluding diaryl/α,β-unsaturated/α-hetero) is 2. The average molecular weight is 1490 g/mol. The van der Waals surface area contributed by atoms with Gasteiger partial charge in [0, 0.05) is 66.5 Å². The van der Waals surface area contributed by atoms with Crippen LogP contribution in [0.15, 0.2) is 53.5 Å². The molecule has 0 radical (unpaired) electrons. The number of carbonyl (C=O) groups excluding carboxylic acids is 8. The summed E-state index contributed by atoms with van der Waals surface area (Å²) >= 11 is 0. The van der Waals surface area contributed by atoms with Crippen LogP contribution in [0.5, 0.6) is 0 Å². The molecule has 1 unspecified atom stereocenters. The minimum atomic E-state index is -1.61. The number of aryl methyl sites for hydroxylation is 1. The summed E-state index contributed by atoms with van der Waals surface area (Å²) in [6.45, 7) is 18.7. The first kappa shape index (κ1) is 82.0. The van der Waals surface area contributed by atoms with E-state index in [9.17, 15) is 48.3 Å². The number of alkyl carbamates (subject to hydrolysis) is 1. The summed E-state index contributed by atoms with van der Waals surface area (Å²) in [7, 11) is 0. The Hall–Kier alpha value is -9.11. The molecule has 9 rings (SSSR count). The number of nitrogens with one attached hydrogen (secondary N) is 6. The van der Waals surface area contributed by atoms with Crippen LogP contribution in [-0.4, -0.2) is 175 Å². The maximum atomic E-state index is 15.4. The summed E-state index contributed by atoms with van der Waals surface area (Å²) in [6.07, 6.45) is 4.83. The molecule has 2 aromatic carbocycles. The molecule has 5 aromatic rings. The zero-order valence-electron chi connectivity index (χ0n) is 62.3. The number of pyridine rings is 2. The Bertz CT molecular complexity index is 4080. The van der Waals surface area contributed by atoms with E-state index in [1.165, 1.54) is 6.07 Å². The summed E-state index contributed by atoms with van der Waals surface area (Å²) in [5, 5.41) is 37.6. The van der Waals surface area contributed by atoms with E-state index < -0.39 is 71.7 Å². The molecular weight excluding hydrogens is 1390 g/mol. The molecule has 9 N–H and O–H groups in total. The Balaban J connectivity index is 0.625. The van der Waals surface area contributed by atoms with Gasteiger partial charge in [-0.25, -0.2) is 23.6 Å². The fourth-order valence-corrected chi connectivity index (χ4v) is 13.8. The predicted octanol–water partition coefficient (Wildman–Crippen LogP) is 6.42. The molecule has 2 aliphatic carbocycles. The second kappa shape index (κ2) is 38.6. The fraction of sp³-hybridized carbons (Fsp3) is 0.579. The normalized spacial score (nSPS) is 17.1. The first-order valence-electron chi connectivity index (χ1n) is 36.9. The van der Waals surface area contributed by atoms with Crippen LogP contribution in [-0.2, 0) is 110 Å². The SMILES string of the molecule is C=C1OCc2c(cc3n(c2=O)Cc2c-3nc3cc(F)c(C)c4c3c2[C@@H](NC(=O)COCCC(=O)CNC(=O)OCc2ccc(NC(=O)[C@H](CCCNC(N)=O)CC(=O)[C@@H](NC(=O)CCOCCOCCOCCOCCNC(=O)COC3CCCCCc5c3nnn5C(C)(C)C)C(C)C)cc2)CC4)[C@@]1(O)CC.